The van der Waals surface area contributed by atoms with Gasteiger partial charge in [-0.05, 0) is 13.3 Å². The minimum Gasteiger partial charge on any atom is -0.370 e. The van der Waals surface area contributed by atoms with Crippen molar-refractivity contribution in [2.75, 3.05) is 17.2 Å². The molecule has 0 spiro atoms. The smallest absolute Gasteiger partial charge is 0.135 e. The van der Waals surface area contributed by atoms with Gasteiger partial charge in [0.25, 0.3) is 0 Å². The second kappa shape index (κ2) is 6.00. The SMILES string of the molecule is CCNc1ncnc(NCc2ccon2)c1CC. The zero-order valence-electron chi connectivity index (χ0n) is 10.6. The van der Waals surface area contributed by atoms with Crippen molar-refractivity contribution >= 4 is 11.6 Å². The van der Waals surface area contributed by atoms with E-state index < -0.39 is 0 Å². The molecule has 0 saturated heterocycles. The first-order chi connectivity index (χ1) is 8.85. The monoisotopic (exact) mass is 247 g/mol. The van der Waals surface area contributed by atoms with Crippen molar-refractivity contribution in [1.82, 2.24) is 15.1 Å². The van der Waals surface area contributed by atoms with Crippen molar-refractivity contribution < 1.29 is 4.52 Å². The number of anilines is 2. The number of rotatable bonds is 6. The van der Waals surface area contributed by atoms with Crippen LogP contribution in [0.3, 0.4) is 0 Å². The molecule has 0 aliphatic carbocycles. The molecule has 0 unspecified atom stereocenters. The van der Waals surface area contributed by atoms with Gasteiger partial charge in [0.1, 0.15) is 29.9 Å². The van der Waals surface area contributed by atoms with E-state index in [0.717, 1.165) is 35.9 Å². The summed E-state index contributed by atoms with van der Waals surface area (Å²) < 4.78 is 4.79. The summed E-state index contributed by atoms with van der Waals surface area (Å²) in [4.78, 5) is 8.52. The second-order valence-electron chi connectivity index (χ2n) is 3.78. The van der Waals surface area contributed by atoms with E-state index in [1.54, 1.807) is 12.6 Å². The fourth-order valence-electron chi connectivity index (χ4n) is 1.72. The van der Waals surface area contributed by atoms with Gasteiger partial charge in [0.15, 0.2) is 0 Å². The Morgan fingerprint density at radius 2 is 1.94 bits per heavy atom. The molecule has 2 rings (SSSR count). The highest BCUT2D eigenvalue weighted by molar-refractivity contribution is 5.57. The molecule has 0 saturated carbocycles. The molecule has 6 heteroatoms. The zero-order valence-corrected chi connectivity index (χ0v) is 10.6. The van der Waals surface area contributed by atoms with E-state index in [4.69, 9.17) is 4.52 Å². The first-order valence-electron chi connectivity index (χ1n) is 6.06. The third-order valence-corrected chi connectivity index (χ3v) is 2.57. The molecule has 0 radical (unpaired) electrons. The highest BCUT2D eigenvalue weighted by Crippen LogP contribution is 2.20. The Morgan fingerprint density at radius 1 is 1.17 bits per heavy atom. The molecule has 0 atom stereocenters. The molecule has 0 aliphatic heterocycles. The average molecular weight is 247 g/mol. The highest BCUT2D eigenvalue weighted by atomic mass is 16.5. The van der Waals surface area contributed by atoms with Gasteiger partial charge in [-0.1, -0.05) is 12.1 Å². The van der Waals surface area contributed by atoms with E-state index in [9.17, 15) is 0 Å². The van der Waals surface area contributed by atoms with Gasteiger partial charge in [0.05, 0.1) is 6.54 Å². The summed E-state index contributed by atoms with van der Waals surface area (Å²) in [5, 5.41) is 10.3. The quantitative estimate of drug-likeness (QED) is 0.813. The molecule has 96 valence electrons. The third kappa shape index (κ3) is 2.77. The second-order valence-corrected chi connectivity index (χ2v) is 3.78. The molecule has 0 amide bonds. The van der Waals surface area contributed by atoms with E-state index in [1.807, 2.05) is 13.0 Å². The Kier molecular flexibility index (Phi) is 4.11. The molecule has 0 aromatic carbocycles. The lowest BCUT2D eigenvalue weighted by Gasteiger charge is -2.12. The molecular weight excluding hydrogens is 230 g/mol. The van der Waals surface area contributed by atoms with Crippen LogP contribution in [-0.2, 0) is 13.0 Å². The standard InChI is InChI=1S/C12H17N5O/c1-3-10-11(13-4-2)15-8-16-12(10)14-7-9-5-6-18-17-9/h5-6,8H,3-4,7H2,1-2H3,(H2,13,14,15,16). The van der Waals surface area contributed by atoms with Crippen molar-refractivity contribution in [3.8, 4) is 0 Å². The van der Waals surface area contributed by atoms with Crippen LogP contribution in [0.4, 0.5) is 11.6 Å². The maximum Gasteiger partial charge on any atom is 0.135 e. The first-order valence-corrected chi connectivity index (χ1v) is 6.06. The molecule has 2 N–H and O–H groups in total. The largest absolute Gasteiger partial charge is 0.370 e. The molecule has 2 aromatic heterocycles. The van der Waals surface area contributed by atoms with E-state index in [-0.39, 0.29) is 0 Å². The fourth-order valence-corrected chi connectivity index (χ4v) is 1.72. The summed E-state index contributed by atoms with van der Waals surface area (Å²) in [5.74, 6) is 1.73. The Morgan fingerprint density at radius 3 is 2.56 bits per heavy atom. The van der Waals surface area contributed by atoms with Gasteiger partial charge in [-0.2, -0.15) is 0 Å². The van der Waals surface area contributed by atoms with Crippen molar-refractivity contribution in [1.29, 1.82) is 0 Å². The highest BCUT2D eigenvalue weighted by Gasteiger charge is 2.09. The van der Waals surface area contributed by atoms with E-state index >= 15 is 0 Å². The summed E-state index contributed by atoms with van der Waals surface area (Å²) in [7, 11) is 0. The van der Waals surface area contributed by atoms with Crippen molar-refractivity contribution in [3.05, 3.63) is 29.9 Å². The Bertz CT molecular complexity index is 483. The molecule has 0 bridgehead atoms. The molecule has 2 aromatic rings. The lowest BCUT2D eigenvalue weighted by molar-refractivity contribution is 0.412. The fraction of sp³-hybridized carbons (Fsp3) is 0.417. The van der Waals surface area contributed by atoms with Gasteiger partial charge >= 0.3 is 0 Å². The molecule has 6 nitrogen and oxygen atoms in total. The molecule has 18 heavy (non-hydrogen) atoms. The Labute approximate surface area is 106 Å². The first kappa shape index (κ1) is 12.3. The summed E-state index contributed by atoms with van der Waals surface area (Å²) in [6.07, 6.45) is 3.98. The zero-order chi connectivity index (χ0) is 12.8. The molecule has 0 aliphatic rings. The maximum absolute atomic E-state index is 4.79. The number of nitrogens with zero attached hydrogens (tertiary/aromatic N) is 3. The van der Waals surface area contributed by atoms with Crippen molar-refractivity contribution in [2.24, 2.45) is 0 Å². The van der Waals surface area contributed by atoms with Crippen LogP contribution in [0.1, 0.15) is 25.1 Å². The van der Waals surface area contributed by atoms with Gasteiger partial charge < -0.3 is 15.2 Å². The van der Waals surface area contributed by atoms with Gasteiger partial charge in [-0.25, -0.2) is 9.97 Å². The van der Waals surface area contributed by atoms with Crippen LogP contribution in [0.5, 0.6) is 0 Å². The number of aromatic nitrogens is 3. The predicted molar refractivity (Wildman–Crippen MR) is 69.4 cm³/mol. The van der Waals surface area contributed by atoms with Crippen LogP contribution < -0.4 is 10.6 Å². The lowest BCUT2D eigenvalue weighted by atomic mass is 10.2. The maximum atomic E-state index is 4.79. The van der Waals surface area contributed by atoms with Crippen LogP contribution in [0.15, 0.2) is 23.2 Å². The molecule has 0 fully saturated rings. The normalized spacial score (nSPS) is 10.3. The van der Waals surface area contributed by atoms with Crippen molar-refractivity contribution in [2.45, 2.75) is 26.8 Å². The summed E-state index contributed by atoms with van der Waals surface area (Å²) in [6.45, 7) is 5.56. The topological polar surface area (TPSA) is 75.9 Å². The van der Waals surface area contributed by atoms with Gasteiger partial charge in [0, 0.05) is 18.2 Å². The minimum atomic E-state index is 0.589. The van der Waals surface area contributed by atoms with Crippen LogP contribution >= 0.6 is 0 Å². The summed E-state index contributed by atoms with van der Waals surface area (Å²) in [6, 6.07) is 1.82. The van der Waals surface area contributed by atoms with Crippen LogP contribution in [0, 0.1) is 0 Å². The predicted octanol–water partition coefficient (Wildman–Crippen LogP) is 2.07. The van der Waals surface area contributed by atoms with Gasteiger partial charge in [-0.15, -0.1) is 0 Å². The number of hydrogen-bond donors (Lipinski definition) is 2. The minimum absolute atomic E-state index is 0.589. The van der Waals surface area contributed by atoms with Crippen LogP contribution in [0.25, 0.3) is 0 Å². The van der Waals surface area contributed by atoms with Gasteiger partial charge in [0.2, 0.25) is 0 Å². The summed E-state index contributed by atoms with van der Waals surface area (Å²) in [5.41, 5.74) is 1.93. The van der Waals surface area contributed by atoms with E-state index in [0.29, 0.717) is 6.54 Å². The number of hydrogen-bond acceptors (Lipinski definition) is 6. The van der Waals surface area contributed by atoms with Crippen LogP contribution in [0.2, 0.25) is 0 Å². The Hall–Kier alpha value is -2.11. The van der Waals surface area contributed by atoms with Crippen molar-refractivity contribution in [3.63, 3.8) is 0 Å². The third-order valence-electron chi connectivity index (χ3n) is 2.57. The number of nitrogens with one attached hydrogen (secondary N) is 2. The van der Waals surface area contributed by atoms with Crippen LogP contribution in [-0.4, -0.2) is 21.7 Å². The van der Waals surface area contributed by atoms with E-state index in [2.05, 4.69) is 32.7 Å². The Balaban J connectivity index is 2.13. The average Bonchev–Trinajstić information content (AvgIpc) is 2.90. The van der Waals surface area contributed by atoms with Gasteiger partial charge in [-0.3, -0.25) is 0 Å². The molecular formula is C12H17N5O. The summed E-state index contributed by atoms with van der Waals surface area (Å²) >= 11 is 0. The van der Waals surface area contributed by atoms with E-state index in [1.165, 1.54) is 0 Å². The molecule has 2 heterocycles. The lowest BCUT2D eigenvalue weighted by Crippen LogP contribution is -2.09.